The van der Waals surface area contributed by atoms with Crippen LogP contribution in [-0.2, 0) is 11.2 Å². The second-order valence-electron chi connectivity index (χ2n) is 7.39. The van der Waals surface area contributed by atoms with Crippen LogP contribution in [0.3, 0.4) is 0 Å². The van der Waals surface area contributed by atoms with E-state index >= 15 is 0 Å². The maximum absolute atomic E-state index is 13.0. The molecule has 1 spiro atoms. The first-order valence-corrected chi connectivity index (χ1v) is 9.06. The van der Waals surface area contributed by atoms with Gasteiger partial charge in [0.05, 0.1) is 18.0 Å². The lowest BCUT2D eigenvalue weighted by molar-refractivity contribution is -0.132. The fourth-order valence-electron chi connectivity index (χ4n) is 4.82. The van der Waals surface area contributed by atoms with E-state index in [1.165, 1.54) is 0 Å². The molecule has 6 heteroatoms. The second kappa shape index (κ2) is 5.56. The van der Waals surface area contributed by atoms with E-state index in [4.69, 9.17) is 0 Å². The van der Waals surface area contributed by atoms with Crippen molar-refractivity contribution in [3.8, 4) is 0 Å². The van der Waals surface area contributed by atoms with Crippen molar-refractivity contribution in [2.75, 3.05) is 5.32 Å². The van der Waals surface area contributed by atoms with Crippen LogP contribution in [-0.4, -0.2) is 39.4 Å². The lowest BCUT2D eigenvalue weighted by Gasteiger charge is -2.43. The van der Waals surface area contributed by atoms with Crippen LogP contribution >= 0.6 is 0 Å². The summed E-state index contributed by atoms with van der Waals surface area (Å²) in [6, 6.07) is 11.5. The van der Waals surface area contributed by atoms with Crippen molar-refractivity contribution in [3.05, 3.63) is 59.9 Å². The monoisotopic (exact) mass is 348 g/mol. The quantitative estimate of drug-likeness (QED) is 0.870. The van der Waals surface area contributed by atoms with Gasteiger partial charge >= 0.3 is 0 Å². The third-order valence-corrected chi connectivity index (χ3v) is 5.86. The number of hydrogen-bond acceptors (Lipinski definition) is 4. The molecule has 26 heavy (non-hydrogen) atoms. The molecule has 0 saturated carbocycles. The molecule has 2 saturated heterocycles. The first-order valence-electron chi connectivity index (χ1n) is 9.06. The Kier molecular flexibility index (Phi) is 3.29. The van der Waals surface area contributed by atoms with Crippen LogP contribution in [0.15, 0.2) is 48.8 Å². The van der Waals surface area contributed by atoms with Gasteiger partial charge in [-0.15, -0.1) is 0 Å². The number of nitrogens with one attached hydrogen (secondary N) is 2. The number of nitrogens with zero attached hydrogens (tertiary/aromatic N) is 2. The molecule has 1 aromatic carbocycles. The zero-order chi connectivity index (χ0) is 17.7. The Labute approximate surface area is 151 Å². The highest BCUT2D eigenvalue weighted by Gasteiger charge is 2.59. The van der Waals surface area contributed by atoms with Crippen molar-refractivity contribution >= 4 is 17.5 Å². The highest BCUT2D eigenvalue weighted by Crippen LogP contribution is 2.46. The number of para-hydroxylation sites is 1. The molecule has 2 bridgehead atoms. The molecule has 0 unspecified atom stereocenters. The fraction of sp³-hybridized carbons (Fsp3) is 0.350. The number of fused-ring (bicyclic) bond motifs is 4. The first-order chi connectivity index (χ1) is 12.7. The second-order valence-corrected chi connectivity index (χ2v) is 7.39. The van der Waals surface area contributed by atoms with Crippen LogP contribution in [0.2, 0.25) is 0 Å². The highest BCUT2D eigenvalue weighted by molar-refractivity contribution is 6.02. The third-order valence-electron chi connectivity index (χ3n) is 5.86. The Hall–Kier alpha value is -2.89. The Morgan fingerprint density at radius 2 is 2.08 bits per heavy atom. The normalized spacial score (nSPS) is 28.6. The molecule has 0 aliphatic carbocycles. The maximum Gasteiger partial charge on any atom is 0.255 e. The highest BCUT2D eigenvalue weighted by atomic mass is 16.2. The SMILES string of the molecule is O=C1N[C@]2(C[C@H]3CC[C@H]2N3C(=O)Cc2cccnc2)Nc2ccccc21. The van der Waals surface area contributed by atoms with Crippen molar-refractivity contribution in [2.24, 2.45) is 0 Å². The Morgan fingerprint density at radius 3 is 2.92 bits per heavy atom. The molecule has 2 fully saturated rings. The first kappa shape index (κ1) is 15.4. The van der Waals surface area contributed by atoms with Crippen LogP contribution in [0.25, 0.3) is 0 Å². The van der Waals surface area contributed by atoms with Crippen molar-refractivity contribution in [1.29, 1.82) is 0 Å². The lowest BCUT2D eigenvalue weighted by atomic mass is 9.86. The summed E-state index contributed by atoms with van der Waals surface area (Å²) < 4.78 is 0. The Balaban J connectivity index is 1.43. The van der Waals surface area contributed by atoms with E-state index in [-0.39, 0.29) is 23.9 Å². The molecule has 1 aromatic heterocycles. The summed E-state index contributed by atoms with van der Waals surface area (Å²) >= 11 is 0. The molecule has 4 heterocycles. The predicted octanol–water partition coefficient (Wildman–Crippen LogP) is 1.94. The number of anilines is 1. The summed E-state index contributed by atoms with van der Waals surface area (Å²) in [5, 5.41) is 6.72. The van der Waals surface area contributed by atoms with Gasteiger partial charge in [0, 0.05) is 30.5 Å². The molecule has 5 rings (SSSR count). The fourth-order valence-corrected chi connectivity index (χ4v) is 4.82. The molecule has 2 amide bonds. The van der Waals surface area contributed by atoms with E-state index in [1.54, 1.807) is 12.4 Å². The molecular weight excluding hydrogens is 328 g/mol. The van der Waals surface area contributed by atoms with E-state index in [1.807, 2.05) is 41.3 Å². The Morgan fingerprint density at radius 1 is 1.19 bits per heavy atom. The van der Waals surface area contributed by atoms with Crippen LogP contribution in [0.1, 0.15) is 35.2 Å². The number of hydrogen-bond donors (Lipinski definition) is 2. The van der Waals surface area contributed by atoms with Gasteiger partial charge in [-0.05, 0) is 36.6 Å². The van der Waals surface area contributed by atoms with Gasteiger partial charge in [-0.3, -0.25) is 14.6 Å². The van der Waals surface area contributed by atoms with Gasteiger partial charge in [0.15, 0.2) is 0 Å². The molecule has 0 radical (unpaired) electrons. The van der Waals surface area contributed by atoms with Crippen molar-refractivity contribution in [1.82, 2.24) is 15.2 Å². The molecular formula is C20H20N4O2. The minimum atomic E-state index is -0.557. The summed E-state index contributed by atoms with van der Waals surface area (Å²) in [5.41, 5.74) is 1.88. The minimum Gasteiger partial charge on any atom is -0.360 e. The van der Waals surface area contributed by atoms with Gasteiger partial charge in [-0.2, -0.15) is 0 Å². The number of aromatic nitrogens is 1. The molecule has 2 N–H and O–H groups in total. The van der Waals surface area contributed by atoms with E-state index in [2.05, 4.69) is 15.6 Å². The molecule has 3 aliphatic rings. The van der Waals surface area contributed by atoms with E-state index in [9.17, 15) is 9.59 Å². The zero-order valence-corrected chi connectivity index (χ0v) is 14.3. The summed E-state index contributed by atoms with van der Waals surface area (Å²) in [6.07, 6.45) is 6.44. The largest absolute Gasteiger partial charge is 0.360 e. The number of rotatable bonds is 2. The average Bonchev–Trinajstić information content (AvgIpc) is 3.18. The molecule has 2 aromatic rings. The van der Waals surface area contributed by atoms with Gasteiger partial charge in [0.2, 0.25) is 5.91 Å². The summed E-state index contributed by atoms with van der Waals surface area (Å²) in [7, 11) is 0. The molecule has 132 valence electrons. The summed E-state index contributed by atoms with van der Waals surface area (Å²) in [5.74, 6) is 0.0452. The average molecular weight is 348 g/mol. The molecule has 6 nitrogen and oxygen atoms in total. The van der Waals surface area contributed by atoms with Crippen LogP contribution in [0, 0.1) is 0 Å². The smallest absolute Gasteiger partial charge is 0.255 e. The van der Waals surface area contributed by atoms with E-state index in [0.717, 1.165) is 30.5 Å². The van der Waals surface area contributed by atoms with E-state index in [0.29, 0.717) is 12.0 Å². The number of carbonyl (C=O) groups is 2. The van der Waals surface area contributed by atoms with E-state index < -0.39 is 5.66 Å². The number of carbonyl (C=O) groups excluding carboxylic acids is 2. The zero-order valence-electron chi connectivity index (χ0n) is 14.3. The molecule has 3 atom stereocenters. The van der Waals surface area contributed by atoms with Gasteiger partial charge in [0.25, 0.3) is 5.91 Å². The number of benzene rings is 1. The van der Waals surface area contributed by atoms with Gasteiger partial charge in [0.1, 0.15) is 5.66 Å². The van der Waals surface area contributed by atoms with Gasteiger partial charge in [-0.25, -0.2) is 0 Å². The molecule has 3 aliphatic heterocycles. The Bertz CT molecular complexity index is 884. The van der Waals surface area contributed by atoms with Crippen molar-refractivity contribution < 1.29 is 9.59 Å². The predicted molar refractivity (Wildman–Crippen MR) is 96.5 cm³/mol. The van der Waals surface area contributed by atoms with Gasteiger partial charge < -0.3 is 15.5 Å². The van der Waals surface area contributed by atoms with Crippen molar-refractivity contribution in [3.63, 3.8) is 0 Å². The van der Waals surface area contributed by atoms with Crippen molar-refractivity contribution in [2.45, 2.75) is 43.4 Å². The van der Waals surface area contributed by atoms with Crippen LogP contribution < -0.4 is 10.6 Å². The van der Waals surface area contributed by atoms with Gasteiger partial charge in [-0.1, -0.05) is 18.2 Å². The minimum absolute atomic E-state index is 0.0195. The van der Waals surface area contributed by atoms with Crippen LogP contribution in [0.5, 0.6) is 0 Å². The lowest BCUT2D eigenvalue weighted by Crippen LogP contribution is -2.64. The number of pyridine rings is 1. The number of amides is 2. The maximum atomic E-state index is 13.0. The van der Waals surface area contributed by atoms with Crippen LogP contribution in [0.4, 0.5) is 5.69 Å². The summed E-state index contributed by atoms with van der Waals surface area (Å²) in [6.45, 7) is 0. The topological polar surface area (TPSA) is 74.3 Å². The standard InChI is InChI=1S/C20H20N4O2/c25-18(10-13-4-3-9-21-12-13)24-14-7-8-17(24)20(11-14)22-16-6-2-1-5-15(16)19(26)23-20/h1-6,9,12,14,17,22H,7-8,10-11H2,(H,23,26)/t14-,17-,20+/m1/s1. The third kappa shape index (κ3) is 2.21. The summed E-state index contributed by atoms with van der Waals surface area (Å²) in [4.78, 5) is 31.7.